The van der Waals surface area contributed by atoms with Gasteiger partial charge >= 0.3 is 5.97 Å². The van der Waals surface area contributed by atoms with E-state index in [1.807, 2.05) is 12.1 Å². The van der Waals surface area contributed by atoms with E-state index in [4.69, 9.17) is 18.6 Å². The van der Waals surface area contributed by atoms with Crippen LogP contribution in [-0.2, 0) is 10.4 Å². The summed E-state index contributed by atoms with van der Waals surface area (Å²) in [6.07, 6.45) is 0. The molecule has 1 aromatic heterocycles. The molecule has 1 atom stereocenters. The van der Waals surface area contributed by atoms with Gasteiger partial charge in [-0.15, -0.1) is 0 Å². The quantitative estimate of drug-likeness (QED) is 0.204. The van der Waals surface area contributed by atoms with Crippen LogP contribution >= 0.6 is 0 Å². The number of carbonyl (C=O) groups is 1. The van der Waals surface area contributed by atoms with Crippen molar-refractivity contribution >= 4 is 27.9 Å². The predicted molar refractivity (Wildman–Crippen MR) is 169 cm³/mol. The number of carboxylic acid groups (broad SMARTS) is 1. The van der Waals surface area contributed by atoms with Crippen LogP contribution in [0.5, 0.6) is 23.0 Å². The lowest BCUT2D eigenvalue weighted by Gasteiger charge is -2.44. The summed E-state index contributed by atoms with van der Waals surface area (Å²) in [5.74, 6) is -0.104. The molecule has 2 N–H and O–H groups in total. The minimum atomic E-state index is -1.73. The first-order valence-electron chi connectivity index (χ1n) is 14.2. The summed E-state index contributed by atoms with van der Waals surface area (Å²) >= 11 is 0. The second kappa shape index (κ2) is 13.3. The van der Waals surface area contributed by atoms with Crippen molar-refractivity contribution in [3.63, 3.8) is 0 Å². The van der Waals surface area contributed by atoms with E-state index in [0.29, 0.717) is 61.6 Å². The molecule has 6 rings (SSSR count). The Bertz CT molecular complexity index is 1970. The van der Waals surface area contributed by atoms with E-state index < -0.39 is 22.9 Å². The van der Waals surface area contributed by atoms with Gasteiger partial charge in [0.05, 0.1) is 30.4 Å². The Morgan fingerprint density at radius 3 is 1.96 bits per heavy atom. The monoisotopic (exact) mass is 626 g/mol. The molecule has 10 nitrogen and oxygen atoms in total. The van der Waals surface area contributed by atoms with Crippen LogP contribution in [0.15, 0.2) is 106 Å². The first-order valence-corrected chi connectivity index (χ1v) is 14.2. The van der Waals surface area contributed by atoms with Gasteiger partial charge in [-0.2, -0.15) is 0 Å². The van der Waals surface area contributed by atoms with E-state index in [9.17, 15) is 30.0 Å². The number of benzene rings is 4. The number of methoxy groups -OCH3 is 2. The average Bonchev–Trinajstić information content (AvgIpc) is 3.04. The molecule has 4 aromatic carbocycles. The molecule has 0 saturated heterocycles. The lowest BCUT2D eigenvalue weighted by molar-refractivity contribution is -0.515. The largest absolute Gasteiger partial charge is 0.884 e. The van der Waals surface area contributed by atoms with Gasteiger partial charge in [0.2, 0.25) is 5.43 Å². The number of allylic oxidation sites excluding steroid dienone is 1. The van der Waals surface area contributed by atoms with Gasteiger partial charge in [-0.1, -0.05) is 35.9 Å². The van der Waals surface area contributed by atoms with Crippen LogP contribution in [0, 0.1) is 5.41 Å². The molecular formula is C36H34O10-2. The molecule has 0 fully saturated rings. The van der Waals surface area contributed by atoms with Crippen LogP contribution in [-0.4, -0.2) is 30.4 Å². The molecule has 2 heterocycles. The van der Waals surface area contributed by atoms with Crippen molar-refractivity contribution in [2.24, 2.45) is 5.41 Å². The summed E-state index contributed by atoms with van der Waals surface area (Å²) in [4.78, 5) is 24.0. The number of aliphatic carboxylic acids is 1. The Hall–Kier alpha value is -5.48. The number of ether oxygens (including phenoxy) is 3. The number of para-hydroxylation sites is 2. The topological polar surface area (TPSA) is 162 Å². The molecule has 1 unspecified atom stereocenters. The highest BCUT2D eigenvalue weighted by Crippen LogP contribution is 2.55. The van der Waals surface area contributed by atoms with Crippen LogP contribution in [0.3, 0.4) is 0 Å². The van der Waals surface area contributed by atoms with Crippen LogP contribution in [0.25, 0.3) is 21.9 Å². The van der Waals surface area contributed by atoms with Gasteiger partial charge in [-0.25, -0.2) is 5.95 Å². The zero-order valence-corrected chi connectivity index (χ0v) is 26.2. The standard InChI is InChI=1S/C18H18O5.C14H10O3.C4H8O2/c1-17(2,16(19)20)18(21)12-6-4-5-7-14(12)23-15-10-11(22-3)8-9-13(15)18;1-16-9-6-7-11-13(8-9)17-12-5-3-2-4-10(12)14(11)15;1-3(2)4(5)6/h4-10,21H,1-3H3,(H,19,20);2-8H,1H3;5-6H,1-2H3/p-2. The van der Waals surface area contributed by atoms with Gasteiger partial charge in [0.25, 0.3) is 0 Å². The Kier molecular flexibility index (Phi) is 9.63. The fraction of sp³-hybridized carbons (Fsp3) is 0.222. The van der Waals surface area contributed by atoms with Crippen LogP contribution in [0.1, 0.15) is 38.8 Å². The second-order valence-electron chi connectivity index (χ2n) is 11.2. The van der Waals surface area contributed by atoms with Crippen molar-refractivity contribution in [1.82, 2.24) is 0 Å². The third kappa shape index (κ3) is 6.20. The summed E-state index contributed by atoms with van der Waals surface area (Å²) in [6, 6.07) is 24.3. The van der Waals surface area contributed by atoms with Crippen LogP contribution < -0.4 is 29.9 Å². The van der Waals surface area contributed by atoms with Gasteiger partial charge < -0.3 is 39.1 Å². The van der Waals surface area contributed by atoms with Crippen molar-refractivity contribution in [1.29, 1.82) is 0 Å². The highest BCUT2D eigenvalue weighted by Gasteiger charge is 2.55. The smallest absolute Gasteiger partial charge is 0.312 e. The lowest BCUT2D eigenvalue weighted by Crippen LogP contribution is -2.49. The Balaban J connectivity index is 0.000000183. The molecule has 1 aliphatic heterocycles. The minimum Gasteiger partial charge on any atom is -0.884 e. The molecule has 10 heteroatoms. The van der Waals surface area contributed by atoms with Crippen molar-refractivity contribution < 1.29 is 43.8 Å². The Labute approximate surface area is 265 Å². The summed E-state index contributed by atoms with van der Waals surface area (Å²) in [5.41, 5.74) is -0.897. The molecule has 1 aliphatic rings. The summed E-state index contributed by atoms with van der Waals surface area (Å²) < 4.78 is 21.9. The number of hydrogen-bond donors (Lipinski definition) is 2. The Morgan fingerprint density at radius 2 is 1.33 bits per heavy atom. The van der Waals surface area contributed by atoms with Gasteiger partial charge in [-0.05, 0) is 70.2 Å². The van der Waals surface area contributed by atoms with Crippen LogP contribution in [0.2, 0.25) is 0 Å². The molecular weight excluding hydrogens is 592 g/mol. The highest BCUT2D eigenvalue weighted by molar-refractivity contribution is 5.90. The maximum atomic E-state index is 12.2. The third-order valence-corrected chi connectivity index (χ3v) is 7.71. The molecule has 0 spiro atoms. The number of rotatable bonds is 4. The van der Waals surface area contributed by atoms with Crippen molar-refractivity contribution in [3.05, 3.63) is 118 Å². The zero-order chi connectivity index (χ0) is 33.8. The van der Waals surface area contributed by atoms with Crippen molar-refractivity contribution in [2.75, 3.05) is 14.2 Å². The summed E-state index contributed by atoms with van der Waals surface area (Å²) in [5, 5.41) is 41.5. The SMILES string of the molecule is CC(C)=C([O-])[O-].COc1ccc2c(=O)c3ccccc3oc2c1.COc1ccc2c(c1)Oc1ccccc1C2(O)C(C)(C)C(=O)O. The molecule has 0 amide bonds. The lowest BCUT2D eigenvalue weighted by atomic mass is 9.66. The third-order valence-electron chi connectivity index (χ3n) is 7.71. The molecule has 46 heavy (non-hydrogen) atoms. The fourth-order valence-electron chi connectivity index (χ4n) is 4.87. The normalized spacial score (nSPS) is 14.7. The maximum absolute atomic E-state index is 12.2. The molecule has 5 aromatic rings. The number of hydrogen-bond acceptors (Lipinski definition) is 9. The van der Waals surface area contributed by atoms with E-state index in [-0.39, 0.29) is 5.43 Å². The molecule has 0 saturated carbocycles. The van der Waals surface area contributed by atoms with Gasteiger partial charge in [0.1, 0.15) is 39.8 Å². The summed E-state index contributed by atoms with van der Waals surface area (Å²) in [6.45, 7) is 6.00. The first-order chi connectivity index (χ1) is 21.8. The first kappa shape index (κ1) is 33.4. The molecule has 0 radical (unpaired) electrons. The van der Waals surface area contributed by atoms with Gasteiger partial charge in [-0.3, -0.25) is 9.59 Å². The highest BCUT2D eigenvalue weighted by atomic mass is 16.5. The fourth-order valence-corrected chi connectivity index (χ4v) is 4.87. The number of carboxylic acids is 1. The minimum absolute atomic E-state index is 0.00972. The van der Waals surface area contributed by atoms with Crippen LogP contribution in [0.4, 0.5) is 0 Å². The van der Waals surface area contributed by atoms with Gasteiger partial charge in [0, 0.05) is 23.3 Å². The number of fused-ring (bicyclic) bond motifs is 4. The van der Waals surface area contributed by atoms with Crippen molar-refractivity contribution in [2.45, 2.75) is 33.3 Å². The second-order valence-corrected chi connectivity index (χ2v) is 11.2. The van der Waals surface area contributed by atoms with E-state index in [1.165, 1.54) is 34.8 Å². The van der Waals surface area contributed by atoms with Crippen molar-refractivity contribution in [3.8, 4) is 23.0 Å². The number of aliphatic hydroxyl groups is 1. The maximum Gasteiger partial charge on any atom is 0.312 e. The molecule has 240 valence electrons. The van der Waals surface area contributed by atoms with E-state index in [2.05, 4.69) is 0 Å². The molecule has 0 aliphatic carbocycles. The summed E-state index contributed by atoms with van der Waals surface area (Å²) in [7, 11) is 3.12. The van der Waals surface area contributed by atoms with E-state index in [0.717, 1.165) is 0 Å². The molecule has 0 bridgehead atoms. The average molecular weight is 627 g/mol. The van der Waals surface area contributed by atoms with Gasteiger partial charge in [0.15, 0.2) is 0 Å². The zero-order valence-electron chi connectivity index (χ0n) is 26.2. The van der Waals surface area contributed by atoms with E-state index in [1.54, 1.807) is 79.9 Å². The predicted octanol–water partition coefficient (Wildman–Crippen LogP) is 5.06. The Morgan fingerprint density at radius 1 is 0.783 bits per heavy atom. The van der Waals surface area contributed by atoms with E-state index >= 15 is 0 Å².